The van der Waals surface area contributed by atoms with Crippen LogP contribution in [0, 0.1) is 11.3 Å². The Labute approximate surface area is 80.1 Å². The number of hydrogen-bond acceptors (Lipinski definition) is 2. The van der Waals surface area contributed by atoms with Gasteiger partial charge in [-0.25, -0.2) is 0 Å². The molecule has 13 heavy (non-hydrogen) atoms. The van der Waals surface area contributed by atoms with Crippen molar-refractivity contribution in [3.8, 4) is 0 Å². The van der Waals surface area contributed by atoms with Gasteiger partial charge in [-0.3, -0.25) is 4.79 Å². The van der Waals surface area contributed by atoms with E-state index in [2.05, 4.69) is 19.2 Å². The first-order valence-electron chi connectivity index (χ1n) is 5.07. The molecule has 3 heteroatoms. The first-order valence-corrected chi connectivity index (χ1v) is 5.07. The summed E-state index contributed by atoms with van der Waals surface area (Å²) in [6, 6.07) is 0. The van der Waals surface area contributed by atoms with Gasteiger partial charge < -0.3 is 11.1 Å². The van der Waals surface area contributed by atoms with Crippen molar-refractivity contribution in [2.75, 3.05) is 13.1 Å². The normalized spacial score (nSPS) is 30.0. The van der Waals surface area contributed by atoms with E-state index >= 15 is 0 Å². The summed E-state index contributed by atoms with van der Waals surface area (Å²) in [5.74, 6) is 0.737. The van der Waals surface area contributed by atoms with E-state index in [9.17, 15) is 4.79 Å². The Hall–Kier alpha value is -0.570. The quantitative estimate of drug-likeness (QED) is 0.669. The van der Waals surface area contributed by atoms with Crippen molar-refractivity contribution in [3.05, 3.63) is 0 Å². The highest BCUT2D eigenvalue weighted by Gasteiger charge is 2.34. The van der Waals surface area contributed by atoms with Crippen LogP contribution in [0.5, 0.6) is 0 Å². The molecule has 0 spiro atoms. The zero-order valence-electron chi connectivity index (χ0n) is 8.60. The van der Waals surface area contributed by atoms with Crippen molar-refractivity contribution in [1.82, 2.24) is 5.32 Å². The molecule has 1 saturated heterocycles. The monoisotopic (exact) mass is 184 g/mol. The lowest BCUT2D eigenvalue weighted by Crippen LogP contribution is -2.36. The summed E-state index contributed by atoms with van der Waals surface area (Å²) in [7, 11) is 0. The van der Waals surface area contributed by atoms with E-state index in [1.165, 1.54) is 0 Å². The van der Waals surface area contributed by atoms with E-state index in [1.54, 1.807) is 0 Å². The maximum Gasteiger partial charge on any atom is 0.220 e. The highest BCUT2D eigenvalue weighted by Crippen LogP contribution is 2.36. The van der Waals surface area contributed by atoms with Crippen LogP contribution in [0.1, 0.15) is 33.1 Å². The van der Waals surface area contributed by atoms with Gasteiger partial charge in [-0.1, -0.05) is 13.8 Å². The maximum atomic E-state index is 11.2. The smallest absolute Gasteiger partial charge is 0.220 e. The molecule has 0 saturated carbocycles. The molecule has 1 aliphatic rings. The van der Waals surface area contributed by atoms with E-state index in [1.807, 2.05) is 0 Å². The van der Waals surface area contributed by atoms with Crippen LogP contribution in [-0.2, 0) is 4.79 Å². The van der Waals surface area contributed by atoms with E-state index in [0.717, 1.165) is 19.4 Å². The van der Waals surface area contributed by atoms with Crippen LogP contribution in [-0.4, -0.2) is 19.0 Å². The van der Waals surface area contributed by atoms with Gasteiger partial charge in [0, 0.05) is 13.0 Å². The van der Waals surface area contributed by atoms with Gasteiger partial charge in [0.2, 0.25) is 5.91 Å². The van der Waals surface area contributed by atoms with Gasteiger partial charge in [0.15, 0.2) is 0 Å². The third kappa shape index (κ3) is 2.21. The molecule has 0 aromatic carbocycles. The summed E-state index contributed by atoms with van der Waals surface area (Å²) in [5.41, 5.74) is 5.99. The molecule has 0 aliphatic carbocycles. The highest BCUT2D eigenvalue weighted by atomic mass is 16.1. The predicted molar refractivity (Wildman–Crippen MR) is 53.2 cm³/mol. The van der Waals surface area contributed by atoms with Crippen LogP contribution >= 0.6 is 0 Å². The summed E-state index contributed by atoms with van der Waals surface area (Å²) >= 11 is 0. The molecule has 0 aromatic heterocycles. The molecule has 1 amide bonds. The topological polar surface area (TPSA) is 55.1 Å². The van der Waals surface area contributed by atoms with Crippen LogP contribution in [0.3, 0.4) is 0 Å². The summed E-state index contributed by atoms with van der Waals surface area (Å²) < 4.78 is 0. The Bertz CT molecular complexity index is 191. The second-order valence-electron chi connectivity index (χ2n) is 4.32. The fourth-order valence-electron chi connectivity index (χ4n) is 2.04. The minimum Gasteiger partial charge on any atom is -0.356 e. The molecule has 0 aromatic rings. The molecule has 0 bridgehead atoms. The van der Waals surface area contributed by atoms with E-state index in [4.69, 9.17) is 5.73 Å². The van der Waals surface area contributed by atoms with Crippen LogP contribution < -0.4 is 11.1 Å². The molecule has 1 unspecified atom stereocenters. The van der Waals surface area contributed by atoms with E-state index in [0.29, 0.717) is 18.9 Å². The fraction of sp³-hybridized carbons (Fsp3) is 0.900. The molecule has 1 atom stereocenters. The molecule has 1 rings (SSSR count). The first-order chi connectivity index (χ1) is 6.10. The lowest BCUT2D eigenvalue weighted by Gasteiger charge is -2.35. The Morgan fingerprint density at radius 1 is 1.54 bits per heavy atom. The van der Waals surface area contributed by atoms with Gasteiger partial charge in [0.1, 0.15) is 0 Å². The first kappa shape index (κ1) is 10.5. The van der Waals surface area contributed by atoms with Crippen LogP contribution in [0.4, 0.5) is 0 Å². The second-order valence-corrected chi connectivity index (χ2v) is 4.32. The number of rotatable bonds is 2. The predicted octanol–water partition coefficient (Wildman–Crippen LogP) is 0.888. The summed E-state index contributed by atoms with van der Waals surface area (Å²) in [5, 5.41) is 2.89. The van der Waals surface area contributed by atoms with Gasteiger partial charge in [0.05, 0.1) is 0 Å². The highest BCUT2D eigenvalue weighted by molar-refractivity contribution is 5.76. The molecular weight excluding hydrogens is 164 g/mol. The van der Waals surface area contributed by atoms with Crippen molar-refractivity contribution in [2.45, 2.75) is 33.1 Å². The molecule has 3 nitrogen and oxygen atoms in total. The third-order valence-electron chi connectivity index (χ3n) is 3.43. The number of carbonyl (C=O) groups excluding carboxylic acids is 1. The summed E-state index contributed by atoms with van der Waals surface area (Å²) in [6.07, 6.45) is 2.59. The molecule has 1 heterocycles. The van der Waals surface area contributed by atoms with Crippen LogP contribution in [0.25, 0.3) is 0 Å². The molecule has 0 radical (unpaired) electrons. The third-order valence-corrected chi connectivity index (χ3v) is 3.43. The second kappa shape index (κ2) is 4.09. The van der Waals surface area contributed by atoms with Crippen molar-refractivity contribution in [1.29, 1.82) is 0 Å². The van der Waals surface area contributed by atoms with Crippen LogP contribution in [0.15, 0.2) is 0 Å². The summed E-state index contributed by atoms with van der Waals surface area (Å²) in [6.45, 7) is 5.87. The average Bonchev–Trinajstić information content (AvgIpc) is 2.28. The number of nitrogens with two attached hydrogens (primary N) is 1. The van der Waals surface area contributed by atoms with Gasteiger partial charge >= 0.3 is 0 Å². The van der Waals surface area contributed by atoms with Gasteiger partial charge in [-0.15, -0.1) is 0 Å². The Balaban J connectivity index is 2.69. The zero-order valence-corrected chi connectivity index (χ0v) is 8.60. The molecule has 1 fully saturated rings. The summed E-state index contributed by atoms with van der Waals surface area (Å²) in [4.78, 5) is 11.2. The Morgan fingerprint density at radius 3 is 2.77 bits per heavy atom. The zero-order chi connectivity index (χ0) is 9.90. The lowest BCUT2D eigenvalue weighted by molar-refractivity contribution is -0.120. The minimum absolute atomic E-state index is 0.177. The van der Waals surface area contributed by atoms with Gasteiger partial charge in [0.25, 0.3) is 0 Å². The number of amides is 1. The Morgan fingerprint density at radius 2 is 2.23 bits per heavy atom. The van der Waals surface area contributed by atoms with Crippen molar-refractivity contribution >= 4 is 5.91 Å². The van der Waals surface area contributed by atoms with E-state index in [-0.39, 0.29) is 11.3 Å². The van der Waals surface area contributed by atoms with E-state index < -0.39 is 0 Å². The molecule has 1 aliphatic heterocycles. The SMILES string of the molecule is CC(C)C1(CN)CCNC(=O)CC1. The van der Waals surface area contributed by atoms with Crippen molar-refractivity contribution in [3.63, 3.8) is 0 Å². The van der Waals surface area contributed by atoms with Gasteiger partial charge in [-0.05, 0) is 30.7 Å². The number of carbonyl (C=O) groups is 1. The molecular formula is C10H20N2O. The average molecular weight is 184 g/mol. The van der Waals surface area contributed by atoms with Gasteiger partial charge in [-0.2, -0.15) is 0 Å². The maximum absolute atomic E-state index is 11.2. The minimum atomic E-state index is 0.177. The van der Waals surface area contributed by atoms with Crippen LogP contribution in [0.2, 0.25) is 0 Å². The number of nitrogens with one attached hydrogen (secondary N) is 1. The van der Waals surface area contributed by atoms with Crippen molar-refractivity contribution in [2.24, 2.45) is 17.1 Å². The largest absolute Gasteiger partial charge is 0.356 e. The fourth-order valence-corrected chi connectivity index (χ4v) is 2.04. The number of hydrogen-bond donors (Lipinski definition) is 2. The standard InChI is InChI=1S/C10H20N2O/c1-8(2)10(7-11)4-3-9(13)12-6-5-10/h8H,3-7,11H2,1-2H3,(H,12,13). The molecule has 76 valence electrons. The van der Waals surface area contributed by atoms with Crippen molar-refractivity contribution < 1.29 is 4.79 Å². The Kier molecular flexibility index (Phi) is 3.31. The molecule has 3 N–H and O–H groups in total. The lowest BCUT2D eigenvalue weighted by atomic mass is 9.72.